The molecule has 2 aromatic rings. The van der Waals surface area contributed by atoms with Crippen LogP contribution in [0.25, 0.3) is 0 Å². The Morgan fingerprint density at radius 3 is 2.26 bits per heavy atom. The van der Waals surface area contributed by atoms with Crippen molar-refractivity contribution < 1.29 is 24.0 Å². The predicted molar refractivity (Wildman–Crippen MR) is 144 cm³/mol. The molecule has 0 atom stereocenters. The van der Waals surface area contributed by atoms with E-state index in [0.29, 0.717) is 25.3 Å². The quantitative estimate of drug-likeness (QED) is 0.263. The van der Waals surface area contributed by atoms with Crippen LogP contribution in [0, 0.1) is 16.6 Å². The third-order valence-corrected chi connectivity index (χ3v) is 9.63. The van der Waals surface area contributed by atoms with E-state index in [1.807, 2.05) is 56.3 Å². The van der Waals surface area contributed by atoms with Crippen molar-refractivity contribution in [1.82, 2.24) is 0 Å². The first-order valence-corrected chi connectivity index (χ1v) is 13.3. The maximum absolute atomic E-state index is 13.0. The molecular formula is C23H25I3NO4+. The standard InChI is InChI=1S/C23H24I3NO4/c1-23(2,31-21(28)19-17(24)8-9-18(25)20(19)26)16-10-12-27(13-11-16)22(29)30-14-15-6-4-3-5-7-15/h3-9,16H,10-14H2,1-2H3/p+1. The third kappa shape index (κ3) is 6.53. The normalized spacial score (nSPS) is 19.0. The van der Waals surface area contributed by atoms with Crippen LogP contribution in [-0.4, -0.2) is 30.8 Å². The first-order valence-electron chi connectivity index (χ1n) is 10.1. The number of likely N-dealkylation sites (tertiary alicyclic amines) is 1. The second-order valence-corrected chi connectivity index (χ2v) is 11.6. The zero-order valence-corrected chi connectivity index (χ0v) is 23.9. The number of rotatable bonds is 5. The number of quaternary nitrogens is 1. The van der Waals surface area contributed by atoms with Gasteiger partial charge in [-0.25, -0.2) is 9.69 Å². The summed E-state index contributed by atoms with van der Waals surface area (Å²) in [4.78, 5) is 26.3. The number of esters is 1. The van der Waals surface area contributed by atoms with Crippen LogP contribution in [0.1, 0.15) is 42.6 Å². The van der Waals surface area contributed by atoms with Crippen LogP contribution in [0.3, 0.4) is 0 Å². The fourth-order valence-corrected chi connectivity index (χ4v) is 6.10. The fourth-order valence-electron chi connectivity index (χ4n) is 3.78. The van der Waals surface area contributed by atoms with Gasteiger partial charge in [-0.2, -0.15) is 4.79 Å². The van der Waals surface area contributed by atoms with Crippen LogP contribution in [0.4, 0.5) is 4.79 Å². The maximum Gasteiger partial charge on any atom is 0.514 e. The number of carbonyl (C=O) groups is 2. The van der Waals surface area contributed by atoms with Gasteiger partial charge in [-0.15, -0.1) is 0 Å². The van der Waals surface area contributed by atoms with E-state index in [1.165, 1.54) is 0 Å². The van der Waals surface area contributed by atoms with E-state index < -0.39 is 5.60 Å². The minimum absolute atomic E-state index is 0.195. The molecule has 5 nitrogen and oxygen atoms in total. The zero-order valence-electron chi connectivity index (χ0n) is 17.4. The largest absolute Gasteiger partial charge is 0.514 e. The van der Waals surface area contributed by atoms with Gasteiger partial charge in [0.05, 0.1) is 18.7 Å². The second-order valence-electron chi connectivity index (χ2n) is 8.15. The highest BCUT2D eigenvalue weighted by molar-refractivity contribution is 14.1. The van der Waals surface area contributed by atoms with Crippen LogP contribution in [0.15, 0.2) is 42.5 Å². The minimum Gasteiger partial charge on any atom is -0.456 e. The molecule has 0 spiro atoms. The number of carbonyl (C=O) groups excluding carboxylic acids is 2. The Bertz CT molecular complexity index is 941. The number of halogens is 3. The Balaban J connectivity index is 1.55. The molecule has 1 aliphatic rings. The summed E-state index contributed by atoms with van der Waals surface area (Å²) < 4.78 is 14.3. The van der Waals surface area contributed by atoms with Crippen molar-refractivity contribution >= 4 is 79.8 Å². The summed E-state index contributed by atoms with van der Waals surface area (Å²) in [5.74, 6) is -0.0883. The molecule has 166 valence electrons. The molecule has 0 aromatic heterocycles. The van der Waals surface area contributed by atoms with Gasteiger partial charge in [0.2, 0.25) is 0 Å². The van der Waals surface area contributed by atoms with Crippen molar-refractivity contribution in [2.24, 2.45) is 5.92 Å². The molecule has 0 bridgehead atoms. The summed E-state index contributed by atoms with van der Waals surface area (Å²) >= 11 is 6.62. The first-order chi connectivity index (χ1) is 14.7. The molecule has 1 amide bonds. The van der Waals surface area contributed by atoms with E-state index >= 15 is 0 Å². The first kappa shape index (κ1) is 25.2. The van der Waals surface area contributed by atoms with E-state index in [2.05, 4.69) is 67.8 Å². The highest BCUT2D eigenvalue weighted by Gasteiger charge is 2.40. The van der Waals surface area contributed by atoms with Gasteiger partial charge < -0.3 is 9.47 Å². The highest BCUT2D eigenvalue weighted by Crippen LogP contribution is 2.31. The zero-order chi connectivity index (χ0) is 22.6. The molecule has 2 aromatic carbocycles. The summed E-state index contributed by atoms with van der Waals surface area (Å²) in [5.41, 5.74) is 1.01. The molecule has 1 aliphatic heterocycles. The van der Waals surface area contributed by atoms with Gasteiger partial charge in [0.25, 0.3) is 0 Å². The Hall–Kier alpha value is -0.470. The minimum atomic E-state index is -0.607. The molecule has 0 saturated carbocycles. The summed E-state index contributed by atoms with van der Waals surface area (Å²) in [6.07, 6.45) is 1.40. The van der Waals surface area contributed by atoms with Crippen LogP contribution < -0.4 is 4.90 Å². The summed E-state index contributed by atoms with van der Waals surface area (Å²) in [7, 11) is 0. The van der Waals surface area contributed by atoms with E-state index in [1.54, 1.807) is 0 Å². The number of piperidine rings is 1. The van der Waals surface area contributed by atoms with Gasteiger partial charge in [-0.1, -0.05) is 30.3 Å². The fraction of sp³-hybridized carbons (Fsp3) is 0.391. The van der Waals surface area contributed by atoms with Gasteiger partial charge in [0.1, 0.15) is 12.2 Å². The van der Waals surface area contributed by atoms with Crippen molar-refractivity contribution in [3.05, 3.63) is 64.3 Å². The molecule has 0 aliphatic carbocycles. The lowest BCUT2D eigenvalue weighted by Crippen LogP contribution is -3.15. The van der Waals surface area contributed by atoms with E-state index in [-0.39, 0.29) is 18.0 Å². The van der Waals surface area contributed by atoms with Crippen molar-refractivity contribution in [3.63, 3.8) is 0 Å². The lowest BCUT2D eigenvalue weighted by atomic mass is 9.83. The van der Waals surface area contributed by atoms with Gasteiger partial charge in [0, 0.05) is 29.5 Å². The van der Waals surface area contributed by atoms with Crippen LogP contribution >= 0.6 is 67.8 Å². The number of benzene rings is 2. The van der Waals surface area contributed by atoms with Crippen LogP contribution in [0.5, 0.6) is 0 Å². The lowest BCUT2D eigenvalue weighted by molar-refractivity contribution is -0.832. The number of alkyl carbamates (subject to hydrolysis) is 2. The molecule has 31 heavy (non-hydrogen) atoms. The van der Waals surface area contributed by atoms with Crippen molar-refractivity contribution in [3.8, 4) is 0 Å². The van der Waals surface area contributed by atoms with E-state index in [0.717, 1.165) is 34.0 Å². The van der Waals surface area contributed by atoms with E-state index in [9.17, 15) is 9.59 Å². The van der Waals surface area contributed by atoms with Gasteiger partial charge in [-0.05, 0) is 99.3 Å². The Labute approximate surface area is 224 Å². The Morgan fingerprint density at radius 1 is 1.00 bits per heavy atom. The Morgan fingerprint density at radius 2 is 1.61 bits per heavy atom. The summed E-state index contributed by atoms with van der Waals surface area (Å²) in [6, 6.07) is 13.6. The number of ether oxygens (including phenoxy) is 2. The van der Waals surface area contributed by atoms with Gasteiger partial charge in [-0.3, -0.25) is 0 Å². The average Bonchev–Trinajstić information content (AvgIpc) is 2.75. The van der Waals surface area contributed by atoms with Crippen LogP contribution in [-0.2, 0) is 16.1 Å². The Kier molecular flexibility index (Phi) is 9.01. The molecular weight excluding hydrogens is 735 g/mol. The molecule has 0 radical (unpaired) electrons. The molecule has 1 heterocycles. The summed E-state index contributed by atoms with van der Waals surface area (Å²) in [5, 5.41) is 0. The van der Waals surface area contributed by atoms with Gasteiger partial charge >= 0.3 is 12.1 Å². The molecule has 1 saturated heterocycles. The van der Waals surface area contributed by atoms with Crippen molar-refractivity contribution in [1.29, 1.82) is 0 Å². The molecule has 1 fully saturated rings. The molecule has 0 unspecified atom stereocenters. The molecule has 3 rings (SSSR count). The van der Waals surface area contributed by atoms with E-state index in [4.69, 9.17) is 9.47 Å². The molecule has 8 heteroatoms. The number of hydrogen-bond acceptors (Lipinski definition) is 4. The SMILES string of the molecule is CC(C)(OC(=O)c1c(I)ccc(I)c1I)C1CC[NH+](C(=O)OCc2ccccc2)CC1. The lowest BCUT2D eigenvalue weighted by Gasteiger charge is -2.37. The summed E-state index contributed by atoms with van der Waals surface area (Å²) in [6.45, 7) is 5.60. The monoisotopic (exact) mass is 760 g/mol. The second kappa shape index (κ2) is 11.1. The predicted octanol–water partition coefficient (Wildman–Crippen LogP) is 5.07. The van der Waals surface area contributed by atoms with Crippen LogP contribution in [0.2, 0.25) is 0 Å². The van der Waals surface area contributed by atoms with Crippen molar-refractivity contribution in [2.45, 2.75) is 38.9 Å². The third-order valence-electron chi connectivity index (χ3n) is 5.68. The topological polar surface area (TPSA) is 57.0 Å². The van der Waals surface area contributed by atoms with Crippen molar-refractivity contribution in [2.75, 3.05) is 13.1 Å². The number of nitrogens with one attached hydrogen (secondary N) is 1. The molecule has 1 N–H and O–H groups in total. The average molecular weight is 760 g/mol. The smallest absolute Gasteiger partial charge is 0.456 e. The number of hydrogen-bond donors (Lipinski definition) is 1. The maximum atomic E-state index is 13.0. The van der Waals surface area contributed by atoms with Gasteiger partial charge in [0.15, 0.2) is 0 Å². The highest BCUT2D eigenvalue weighted by atomic mass is 127. The number of amides is 1.